The molecule has 1 N–H and O–H groups in total. The lowest BCUT2D eigenvalue weighted by atomic mass is 10.2. The molecule has 1 fully saturated rings. The zero-order chi connectivity index (χ0) is 9.97. The Kier molecular flexibility index (Phi) is 2.30. The highest BCUT2D eigenvalue weighted by Gasteiger charge is 2.16. The van der Waals surface area contributed by atoms with E-state index < -0.39 is 5.97 Å². The van der Waals surface area contributed by atoms with E-state index in [1.807, 2.05) is 0 Å². The van der Waals surface area contributed by atoms with Crippen LogP contribution in [-0.2, 0) is 11.2 Å². The van der Waals surface area contributed by atoms with Gasteiger partial charge in [0.1, 0.15) is 0 Å². The molecule has 2 heterocycles. The van der Waals surface area contributed by atoms with Crippen molar-refractivity contribution in [3.63, 3.8) is 0 Å². The van der Waals surface area contributed by atoms with Gasteiger partial charge in [0, 0.05) is 31.0 Å². The van der Waals surface area contributed by atoms with Crippen LogP contribution in [0.25, 0.3) is 0 Å². The molecule has 1 saturated heterocycles. The van der Waals surface area contributed by atoms with Gasteiger partial charge in [-0.1, -0.05) is 0 Å². The molecule has 5 nitrogen and oxygen atoms in total. The number of aromatic nitrogens is 2. The summed E-state index contributed by atoms with van der Waals surface area (Å²) in [6.07, 6.45) is 4.32. The summed E-state index contributed by atoms with van der Waals surface area (Å²) in [5, 5.41) is 8.54. The molecule has 0 aliphatic carbocycles. The van der Waals surface area contributed by atoms with Crippen LogP contribution < -0.4 is 4.90 Å². The molecule has 0 bridgehead atoms. The van der Waals surface area contributed by atoms with E-state index in [-0.39, 0.29) is 6.42 Å². The van der Waals surface area contributed by atoms with Crippen LogP contribution in [-0.4, -0.2) is 34.1 Å². The number of anilines is 1. The van der Waals surface area contributed by atoms with Crippen molar-refractivity contribution >= 4 is 11.9 Å². The maximum Gasteiger partial charge on any atom is 0.307 e. The molecule has 0 saturated carbocycles. The Morgan fingerprint density at radius 3 is 2.50 bits per heavy atom. The molecular formula is C9H11N3O2. The first kappa shape index (κ1) is 8.93. The second-order valence-electron chi connectivity index (χ2n) is 3.30. The van der Waals surface area contributed by atoms with Crippen LogP contribution in [0.1, 0.15) is 12.0 Å². The van der Waals surface area contributed by atoms with Crippen LogP contribution in [0, 0.1) is 0 Å². The highest BCUT2D eigenvalue weighted by Crippen LogP contribution is 2.14. The molecule has 1 aliphatic rings. The first-order chi connectivity index (χ1) is 6.75. The van der Waals surface area contributed by atoms with E-state index in [1.54, 1.807) is 12.4 Å². The summed E-state index contributed by atoms with van der Waals surface area (Å²) in [6.45, 7) is 2.00. The monoisotopic (exact) mass is 193 g/mol. The maximum absolute atomic E-state index is 10.4. The van der Waals surface area contributed by atoms with Gasteiger partial charge in [0.05, 0.1) is 6.42 Å². The number of carbonyl (C=O) groups is 1. The summed E-state index contributed by atoms with van der Waals surface area (Å²) in [7, 11) is 0. The maximum atomic E-state index is 10.4. The average molecular weight is 193 g/mol. The zero-order valence-electron chi connectivity index (χ0n) is 7.68. The number of carboxylic acids is 1. The van der Waals surface area contributed by atoms with E-state index in [1.165, 1.54) is 6.42 Å². The minimum absolute atomic E-state index is 0.0136. The van der Waals surface area contributed by atoms with Gasteiger partial charge in [-0.25, -0.2) is 9.97 Å². The summed E-state index contributed by atoms with van der Waals surface area (Å²) in [5.74, 6) is -0.157. The van der Waals surface area contributed by atoms with Crippen LogP contribution in [0.5, 0.6) is 0 Å². The van der Waals surface area contributed by atoms with E-state index in [2.05, 4.69) is 14.9 Å². The SMILES string of the molecule is O=C(O)Cc1cnc(N2CCC2)nc1. The molecule has 0 radical (unpaired) electrons. The van der Waals surface area contributed by atoms with Gasteiger partial charge in [0.15, 0.2) is 0 Å². The zero-order valence-corrected chi connectivity index (χ0v) is 7.68. The number of carboxylic acid groups (broad SMARTS) is 1. The molecular weight excluding hydrogens is 182 g/mol. The van der Waals surface area contributed by atoms with Crippen molar-refractivity contribution in [1.29, 1.82) is 0 Å². The molecule has 0 unspecified atom stereocenters. The minimum atomic E-state index is -0.856. The number of nitrogens with zero attached hydrogens (tertiary/aromatic N) is 3. The van der Waals surface area contributed by atoms with Gasteiger partial charge in [-0.15, -0.1) is 0 Å². The molecule has 14 heavy (non-hydrogen) atoms. The highest BCUT2D eigenvalue weighted by atomic mass is 16.4. The molecule has 1 aromatic rings. The second-order valence-corrected chi connectivity index (χ2v) is 3.30. The lowest BCUT2D eigenvalue weighted by molar-refractivity contribution is -0.136. The molecule has 0 amide bonds. The summed E-state index contributed by atoms with van der Waals surface area (Å²) < 4.78 is 0. The van der Waals surface area contributed by atoms with Gasteiger partial charge in [-0.05, 0) is 6.42 Å². The van der Waals surface area contributed by atoms with E-state index in [9.17, 15) is 4.79 Å². The number of hydrogen-bond acceptors (Lipinski definition) is 4. The third-order valence-electron chi connectivity index (χ3n) is 2.19. The molecule has 0 atom stereocenters. The van der Waals surface area contributed by atoms with Gasteiger partial charge in [0.25, 0.3) is 0 Å². The first-order valence-electron chi connectivity index (χ1n) is 4.53. The van der Waals surface area contributed by atoms with E-state index in [4.69, 9.17) is 5.11 Å². The molecule has 0 aromatic carbocycles. The van der Waals surface area contributed by atoms with Crippen LogP contribution in [0.15, 0.2) is 12.4 Å². The third-order valence-corrected chi connectivity index (χ3v) is 2.19. The van der Waals surface area contributed by atoms with Crippen molar-refractivity contribution in [2.24, 2.45) is 0 Å². The number of hydrogen-bond donors (Lipinski definition) is 1. The van der Waals surface area contributed by atoms with Crippen LogP contribution in [0.4, 0.5) is 5.95 Å². The summed E-state index contributed by atoms with van der Waals surface area (Å²) in [5.41, 5.74) is 0.641. The fourth-order valence-electron chi connectivity index (χ4n) is 1.29. The topological polar surface area (TPSA) is 66.3 Å². The number of rotatable bonds is 3. The van der Waals surface area contributed by atoms with Crippen molar-refractivity contribution in [3.05, 3.63) is 18.0 Å². The summed E-state index contributed by atoms with van der Waals surface area (Å²) in [4.78, 5) is 20.7. The normalized spacial score (nSPS) is 15.0. The average Bonchev–Trinajstić information content (AvgIpc) is 2.04. The molecule has 0 spiro atoms. The minimum Gasteiger partial charge on any atom is -0.481 e. The van der Waals surface area contributed by atoms with Crippen molar-refractivity contribution in [3.8, 4) is 0 Å². The lowest BCUT2D eigenvalue weighted by Gasteiger charge is -2.30. The van der Waals surface area contributed by atoms with Crippen LogP contribution >= 0.6 is 0 Å². The Balaban J connectivity index is 2.05. The quantitative estimate of drug-likeness (QED) is 0.748. The Morgan fingerprint density at radius 1 is 1.43 bits per heavy atom. The van der Waals surface area contributed by atoms with E-state index >= 15 is 0 Å². The lowest BCUT2D eigenvalue weighted by Crippen LogP contribution is -2.38. The molecule has 1 aromatic heterocycles. The Hall–Kier alpha value is -1.65. The Morgan fingerprint density at radius 2 is 2.07 bits per heavy atom. The highest BCUT2D eigenvalue weighted by molar-refractivity contribution is 5.69. The van der Waals surface area contributed by atoms with Gasteiger partial charge >= 0.3 is 5.97 Å². The van der Waals surface area contributed by atoms with Gasteiger partial charge in [0.2, 0.25) is 5.95 Å². The fraction of sp³-hybridized carbons (Fsp3) is 0.444. The number of aliphatic carboxylic acids is 1. The predicted molar refractivity (Wildman–Crippen MR) is 50.2 cm³/mol. The summed E-state index contributed by atoms with van der Waals surface area (Å²) >= 11 is 0. The standard InChI is InChI=1S/C9H11N3O2/c13-8(14)4-7-5-10-9(11-6-7)12-2-1-3-12/h5-6H,1-4H2,(H,13,14). The van der Waals surface area contributed by atoms with Gasteiger partial charge in [-0.2, -0.15) is 0 Å². The van der Waals surface area contributed by atoms with Crippen molar-refractivity contribution in [1.82, 2.24) is 9.97 Å². The molecule has 5 heteroatoms. The van der Waals surface area contributed by atoms with Crippen LogP contribution in [0.3, 0.4) is 0 Å². The fourth-order valence-corrected chi connectivity index (χ4v) is 1.29. The summed E-state index contributed by atoms with van der Waals surface area (Å²) in [6, 6.07) is 0. The smallest absolute Gasteiger partial charge is 0.307 e. The van der Waals surface area contributed by atoms with Crippen molar-refractivity contribution in [2.45, 2.75) is 12.8 Å². The van der Waals surface area contributed by atoms with E-state index in [0.29, 0.717) is 11.5 Å². The second kappa shape index (κ2) is 3.61. The molecule has 1 aliphatic heterocycles. The van der Waals surface area contributed by atoms with Gasteiger partial charge in [-0.3, -0.25) is 4.79 Å². The predicted octanol–water partition coefficient (Wildman–Crippen LogP) is 0.314. The van der Waals surface area contributed by atoms with Crippen LogP contribution in [0.2, 0.25) is 0 Å². The third kappa shape index (κ3) is 1.81. The Labute approximate surface area is 81.4 Å². The molecule has 2 rings (SSSR count). The van der Waals surface area contributed by atoms with E-state index in [0.717, 1.165) is 13.1 Å². The Bertz CT molecular complexity index is 332. The molecule has 74 valence electrons. The largest absolute Gasteiger partial charge is 0.481 e. The van der Waals surface area contributed by atoms with Gasteiger partial charge < -0.3 is 10.0 Å². The first-order valence-corrected chi connectivity index (χ1v) is 4.53. The van der Waals surface area contributed by atoms with Crippen molar-refractivity contribution in [2.75, 3.05) is 18.0 Å². The van der Waals surface area contributed by atoms with Crippen molar-refractivity contribution < 1.29 is 9.90 Å².